The van der Waals surface area contributed by atoms with Gasteiger partial charge in [-0.2, -0.15) is 0 Å². The number of benzene rings is 1. The van der Waals surface area contributed by atoms with Crippen LogP contribution in [0.3, 0.4) is 0 Å². The molecule has 6 heteroatoms. The van der Waals surface area contributed by atoms with Crippen molar-refractivity contribution in [2.75, 3.05) is 0 Å². The van der Waals surface area contributed by atoms with Gasteiger partial charge in [-0.3, -0.25) is 10.1 Å². The van der Waals surface area contributed by atoms with E-state index >= 15 is 0 Å². The number of nitro groups is 1. The van der Waals surface area contributed by atoms with Gasteiger partial charge in [-0.15, -0.1) is 0 Å². The Morgan fingerprint density at radius 1 is 1.47 bits per heavy atom. The van der Waals surface area contributed by atoms with Gasteiger partial charge >= 0.3 is 0 Å². The molecular formula is C13H17ClN2O3. The van der Waals surface area contributed by atoms with Crippen LogP contribution in [0.15, 0.2) is 18.2 Å². The van der Waals surface area contributed by atoms with Gasteiger partial charge in [0.15, 0.2) is 0 Å². The molecule has 1 aromatic carbocycles. The minimum atomic E-state index is -0.433. The standard InChI is InChI=1S/C13H17ClN2O3/c14-10-5-4-9(13(6-10)16(17)18)8-19-12-3-1-2-11(15)7-12/h4-6,11-12H,1-3,7-8,15H2. The highest BCUT2D eigenvalue weighted by Crippen LogP contribution is 2.26. The zero-order valence-electron chi connectivity index (χ0n) is 10.5. The molecular weight excluding hydrogens is 268 g/mol. The van der Waals surface area contributed by atoms with Crippen molar-refractivity contribution in [3.05, 3.63) is 38.9 Å². The Balaban J connectivity index is 2.01. The van der Waals surface area contributed by atoms with Crippen LogP contribution in [0.5, 0.6) is 0 Å². The number of ether oxygens (including phenoxy) is 1. The normalized spacial score (nSPS) is 23.3. The van der Waals surface area contributed by atoms with Crippen LogP contribution in [0.2, 0.25) is 5.02 Å². The molecule has 0 radical (unpaired) electrons. The Hall–Kier alpha value is -1.17. The third-order valence-electron chi connectivity index (χ3n) is 3.39. The van der Waals surface area contributed by atoms with Gasteiger partial charge in [0, 0.05) is 17.1 Å². The Labute approximate surface area is 116 Å². The SMILES string of the molecule is NC1CCCC(OCc2ccc(Cl)cc2[N+](=O)[O-])C1. The summed E-state index contributed by atoms with van der Waals surface area (Å²) in [7, 11) is 0. The summed E-state index contributed by atoms with van der Waals surface area (Å²) in [4.78, 5) is 10.5. The molecule has 0 spiro atoms. The summed E-state index contributed by atoms with van der Waals surface area (Å²) in [6, 6.07) is 4.81. The van der Waals surface area contributed by atoms with Gasteiger partial charge in [-0.1, -0.05) is 11.6 Å². The Bertz CT molecular complexity index is 467. The zero-order chi connectivity index (χ0) is 13.8. The molecule has 0 saturated heterocycles. The van der Waals surface area contributed by atoms with E-state index in [1.807, 2.05) is 0 Å². The summed E-state index contributed by atoms with van der Waals surface area (Å²) in [6.45, 7) is 0.227. The molecule has 19 heavy (non-hydrogen) atoms. The van der Waals surface area contributed by atoms with E-state index in [0.29, 0.717) is 10.6 Å². The second-order valence-corrected chi connectivity index (χ2v) is 5.33. The smallest absolute Gasteiger partial charge is 0.276 e. The number of rotatable bonds is 4. The van der Waals surface area contributed by atoms with E-state index in [2.05, 4.69) is 0 Å². The van der Waals surface area contributed by atoms with E-state index in [9.17, 15) is 10.1 Å². The summed E-state index contributed by atoms with van der Waals surface area (Å²) in [5.74, 6) is 0. The van der Waals surface area contributed by atoms with Gasteiger partial charge in [0.25, 0.3) is 5.69 Å². The van der Waals surface area contributed by atoms with Crippen molar-refractivity contribution >= 4 is 17.3 Å². The molecule has 0 aliphatic heterocycles. The van der Waals surface area contributed by atoms with Crippen LogP contribution >= 0.6 is 11.6 Å². The summed E-state index contributed by atoms with van der Waals surface area (Å²) in [6.07, 6.45) is 3.96. The lowest BCUT2D eigenvalue weighted by Crippen LogP contribution is -2.32. The number of nitro benzene ring substituents is 1. The molecule has 1 aromatic rings. The van der Waals surface area contributed by atoms with E-state index < -0.39 is 4.92 Å². The molecule has 2 unspecified atom stereocenters. The van der Waals surface area contributed by atoms with Crippen molar-refractivity contribution in [3.8, 4) is 0 Å². The maximum absolute atomic E-state index is 10.9. The van der Waals surface area contributed by atoms with E-state index in [1.165, 1.54) is 6.07 Å². The molecule has 0 bridgehead atoms. The second kappa shape index (κ2) is 6.32. The number of hydrogen-bond acceptors (Lipinski definition) is 4. The third kappa shape index (κ3) is 3.89. The first kappa shape index (κ1) is 14.2. The number of hydrogen-bond donors (Lipinski definition) is 1. The maximum Gasteiger partial charge on any atom is 0.276 e. The quantitative estimate of drug-likeness (QED) is 0.681. The minimum Gasteiger partial charge on any atom is -0.373 e. The van der Waals surface area contributed by atoms with Crippen molar-refractivity contribution in [2.24, 2.45) is 5.73 Å². The molecule has 0 aromatic heterocycles. The van der Waals surface area contributed by atoms with E-state index in [4.69, 9.17) is 22.1 Å². The van der Waals surface area contributed by atoms with Crippen molar-refractivity contribution in [3.63, 3.8) is 0 Å². The summed E-state index contributed by atoms with van der Waals surface area (Å²) in [5.41, 5.74) is 6.44. The Kier molecular flexibility index (Phi) is 4.74. The molecule has 2 N–H and O–H groups in total. The molecule has 1 aliphatic carbocycles. The lowest BCUT2D eigenvalue weighted by molar-refractivity contribution is -0.386. The predicted octanol–water partition coefficient (Wildman–Crippen LogP) is 3.03. The van der Waals surface area contributed by atoms with E-state index in [-0.39, 0.29) is 24.4 Å². The first-order valence-corrected chi connectivity index (χ1v) is 6.74. The number of halogens is 1. The lowest BCUT2D eigenvalue weighted by Gasteiger charge is -2.26. The lowest BCUT2D eigenvalue weighted by atomic mass is 9.93. The Morgan fingerprint density at radius 2 is 2.26 bits per heavy atom. The van der Waals surface area contributed by atoms with Gasteiger partial charge in [-0.25, -0.2) is 0 Å². The average molecular weight is 285 g/mol. The number of nitrogens with two attached hydrogens (primary N) is 1. The molecule has 1 fully saturated rings. The summed E-state index contributed by atoms with van der Waals surface area (Å²) >= 11 is 5.77. The van der Waals surface area contributed by atoms with Crippen LogP contribution in [-0.4, -0.2) is 17.1 Å². The highest BCUT2D eigenvalue weighted by molar-refractivity contribution is 6.30. The average Bonchev–Trinajstić information content (AvgIpc) is 2.37. The predicted molar refractivity (Wildman–Crippen MR) is 73.1 cm³/mol. The molecule has 5 nitrogen and oxygen atoms in total. The fourth-order valence-electron chi connectivity index (χ4n) is 2.37. The first-order valence-electron chi connectivity index (χ1n) is 6.36. The second-order valence-electron chi connectivity index (χ2n) is 4.89. The van der Waals surface area contributed by atoms with E-state index in [0.717, 1.165) is 25.7 Å². The highest BCUT2D eigenvalue weighted by atomic mass is 35.5. The maximum atomic E-state index is 10.9. The Morgan fingerprint density at radius 3 is 2.95 bits per heavy atom. The molecule has 0 amide bonds. The van der Waals surface area contributed by atoms with Crippen LogP contribution in [0.1, 0.15) is 31.2 Å². The van der Waals surface area contributed by atoms with Crippen LogP contribution < -0.4 is 5.73 Å². The monoisotopic (exact) mass is 284 g/mol. The minimum absolute atomic E-state index is 0.00704. The molecule has 104 valence electrons. The third-order valence-corrected chi connectivity index (χ3v) is 3.62. The van der Waals surface area contributed by atoms with Crippen LogP contribution in [0.4, 0.5) is 5.69 Å². The van der Waals surface area contributed by atoms with Crippen molar-refractivity contribution < 1.29 is 9.66 Å². The van der Waals surface area contributed by atoms with Crippen LogP contribution in [-0.2, 0) is 11.3 Å². The van der Waals surface area contributed by atoms with Crippen molar-refractivity contribution in [1.29, 1.82) is 0 Å². The molecule has 1 aliphatic rings. The fraction of sp³-hybridized carbons (Fsp3) is 0.538. The molecule has 2 rings (SSSR count). The first-order chi connectivity index (χ1) is 9.06. The van der Waals surface area contributed by atoms with Gasteiger partial charge in [-0.05, 0) is 37.8 Å². The van der Waals surface area contributed by atoms with Gasteiger partial charge in [0.05, 0.1) is 23.2 Å². The van der Waals surface area contributed by atoms with E-state index in [1.54, 1.807) is 12.1 Å². The van der Waals surface area contributed by atoms with Crippen LogP contribution in [0.25, 0.3) is 0 Å². The van der Waals surface area contributed by atoms with Crippen molar-refractivity contribution in [2.45, 2.75) is 44.4 Å². The van der Waals surface area contributed by atoms with Crippen molar-refractivity contribution in [1.82, 2.24) is 0 Å². The molecule has 0 heterocycles. The number of nitrogens with zero attached hydrogens (tertiary/aromatic N) is 1. The topological polar surface area (TPSA) is 78.4 Å². The van der Waals surface area contributed by atoms with Gasteiger partial charge < -0.3 is 10.5 Å². The molecule has 2 atom stereocenters. The zero-order valence-corrected chi connectivity index (χ0v) is 11.3. The largest absolute Gasteiger partial charge is 0.373 e. The van der Waals surface area contributed by atoms with Gasteiger partial charge in [0.2, 0.25) is 0 Å². The summed E-state index contributed by atoms with van der Waals surface area (Å²) < 4.78 is 5.74. The highest BCUT2D eigenvalue weighted by Gasteiger charge is 2.21. The van der Waals surface area contributed by atoms with Crippen LogP contribution in [0, 0.1) is 10.1 Å². The fourth-order valence-corrected chi connectivity index (χ4v) is 2.54. The summed E-state index contributed by atoms with van der Waals surface area (Å²) in [5, 5.41) is 11.3. The van der Waals surface area contributed by atoms with Gasteiger partial charge in [0.1, 0.15) is 0 Å². The molecule has 1 saturated carbocycles.